The lowest BCUT2D eigenvalue weighted by atomic mass is 10.0. The van der Waals surface area contributed by atoms with Crippen LogP contribution < -0.4 is 10.1 Å². The van der Waals surface area contributed by atoms with E-state index in [1.807, 2.05) is 18.2 Å². The van der Waals surface area contributed by atoms with Crippen molar-refractivity contribution in [2.45, 2.75) is 0 Å². The summed E-state index contributed by atoms with van der Waals surface area (Å²) in [5.74, 6) is 0.802. The van der Waals surface area contributed by atoms with Crippen LogP contribution in [0.3, 0.4) is 0 Å². The molecule has 3 aliphatic heterocycles. The molecular weight excluding hydrogens is 821 g/mol. The van der Waals surface area contributed by atoms with Gasteiger partial charge in [0.1, 0.15) is 12.4 Å². The number of rotatable bonds is 8. The quantitative estimate of drug-likeness (QED) is 0.138. The molecule has 0 amide bonds. The minimum atomic E-state index is 0.535. The van der Waals surface area contributed by atoms with E-state index < -0.39 is 0 Å². The van der Waals surface area contributed by atoms with E-state index >= 15 is 0 Å². The maximum Gasteiger partial charge on any atom is 0.119 e. The summed E-state index contributed by atoms with van der Waals surface area (Å²) in [5, 5.41) is 3.35. The first-order valence-corrected chi connectivity index (χ1v) is 23.0. The second-order valence-corrected chi connectivity index (χ2v) is 16.4. The van der Waals surface area contributed by atoms with Gasteiger partial charge in [0.2, 0.25) is 0 Å². The van der Waals surface area contributed by atoms with E-state index in [-0.39, 0.29) is 0 Å². The van der Waals surface area contributed by atoms with Crippen molar-refractivity contribution in [1.29, 1.82) is 0 Å². The number of H-pyrrole nitrogens is 2. The van der Waals surface area contributed by atoms with Crippen LogP contribution in [-0.2, 0) is 14.2 Å². The Labute approximate surface area is 385 Å². The second-order valence-electron chi connectivity index (χ2n) is 16.4. The van der Waals surface area contributed by atoms with Crippen LogP contribution >= 0.6 is 0 Å². The molecule has 10 heteroatoms. The van der Waals surface area contributed by atoms with Crippen LogP contribution in [0.2, 0.25) is 0 Å². The molecule has 0 spiro atoms. The molecule has 7 aromatic rings. The molecule has 3 aromatic heterocycles. The number of nitrogens with zero attached hydrogens (tertiary/aromatic N) is 3. The van der Waals surface area contributed by atoms with Gasteiger partial charge in [0.25, 0.3) is 0 Å². The van der Waals surface area contributed by atoms with Crippen molar-refractivity contribution in [2.24, 2.45) is 0 Å². The zero-order valence-corrected chi connectivity index (χ0v) is 37.0. The number of aromatic nitrogens is 4. The normalized spacial score (nSPS) is 15.3. The summed E-state index contributed by atoms with van der Waals surface area (Å²) >= 11 is 0. The van der Waals surface area contributed by atoms with Gasteiger partial charge in [0.05, 0.1) is 62.4 Å². The molecule has 3 aliphatic rings. The topological polar surface area (TPSA) is 110 Å². The molecule has 0 atom stereocenters. The van der Waals surface area contributed by atoms with E-state index in [0.29, 0.717) is 46.2 Å². The number of fused-ring (bicyclic) bond motifs is 8. The Morgan fingerprint density at radius 2 is 0.803 bits per heavy atom. The van der Waals surface area contributed by atoms with Crippen LogP contribution in [0, 0.1) is 0 Å². The highest BCUT2D eigenvalue weighted by Crippen LogP contribution is 2.38. The monoisotopic (exact) mass is 874 g/mol. The molecule has 10 rings (SSSR count). The van der Waals surface area contributed by atoms with Crippen molar-refractivity contribution in [3.63, 3.8) is 0 Å². The van der Waals surface area contributed by atoms with Crippen molar-refractivity contribution in [3.8, 4) is 50.3 Å². The smallest absolute Gasteiger partial charge is 0.119 e. The maximum absolute atomic E-state index is 6.38. The van der Waals surface area contributed by atoms with Gasteiger partial charge in [-0.2, -0.15) is 0 Å². The fraction of sp³-hybridized carbons (Fsp3) is 0.214. The average molecular weight is 875 g/mol. The van der Waals surface area contributed by atoms with E-state index in [9.17, 15) is 0 Å². The lowest BCUT2D eigenvalue weighted by molar-refractivity contribution is 0.0359. The largest absolute Gasteiger partial charge is 0.492 e. The molecule has 3 N–H and O–H groups in total. The number of hydrogen-bond acceptors (Lipinski definition) is 8. The van der Waals surface area contributed by atoms with E-state index in [4.69, 9.17) is 28.9 Å². The molecule has 0 unspecified atom stereocenters. The summed E-state index contributed by atoms with van der Waals surface area (Å²) in [6, 6.07) is 48.5. The third kappa shape index (κ3) is 9.99. The van der Waals surface area contributed by atoms with Gasteiger partial charge in [-0.25, -0.2) is 9.97 Å². The summed E-state index contributed by atoms with van der Waals surface area (Å²) < 4.78 is 23.8. The Kier molecular flexibility index (Phi) is 13.6. The van der Waals surface area contributed by atoms with E-state index in [2.05, 4.69) is 166 Å². The Morgan fingerprint density at radius 1 is 0.424 bits per heavy atom. The summed E-state index contributed by atoms with van der Waals surface area (Å²) in [7, 11) is 0. The fourth-order valence-corrected chi connectivity index (χ4v) is 8.81. The number of hydrogen-bond donors (Lipinski definition) is 3. The fourth-order valence-electron chi connectivity index (χ4n) is 8.81. The first-order chi connectivity index (χ1) is 32.7. The summed E-state index contributed by atoms with van der Waals surface area (Å²) in [4.78, 5) is 20.9. The van der Waals surface area contributed by atoms with Crippen LogP contribution in [0.5, 0.6) is 5.75 Å². The van der Waals surface area contributed by atoms with Crippen LogP contribution in [0.1, 0.15) is 22.8 Å². The molecule has 0 aliphatic carbocycles. The summed E-state index contributed by atoms with van der Waals surface area (Å²) in [6.45, 7) is 8.33. The zero-order chi connectivity index (χ0) is 44.3. The van der Waals surface area contributed by atoms with Crippen LogP contribution in [0.4, 0.5) is 0 Å². The van der Waals surface area contributed by atoms with Crippen LogP contribution in [0.15, 0.2) is 140 Å². The molecule has 6 heterocycles. The van der Waals surface area contributed by atoms with Gasteiger partial charge >= 0.3 is 0 Å². The van der Waals surface area contributed by atoms with Crippen molar-refractivity contribution in [1.82, 2.24) is 30.2 Å². The Hall–Kier alpha value is -6.92. The van der Waals surface area contributed by atoms with Crippen LogP contribution in [-0.4, -0.2) is 104 Å². The van der Waals surface area contributed by atoms with Gasteiger partial charge in [0.15, 0.2) is 0 Å². The number of benzene rings is 4. The molecule has 4 aromatic carbocycles. The van der Waals surface area contributed by atoms with Crippen molar-refractivity contribution in [3.05, 3.63) is 162 Å². The predicted molar refractivity (Wildman–Crippen MR) is 268 cm³/mol. The summed E-state index contributed by atoms with van der Waals surface area (Å²) in [5.41, 5.74) is 15.6. The molecule has 0 radical (unpaired) electrons. The van der Waals surface area contributed by atoms with Crippen molar-refractivity contribution >= 4 is 46.4 Å². The second kappa shape index (κ2) is 20.9. The Balaban J connectivity index is 1.06. The predicted octanol–water partition coefficient (Wildman–Crippen LogP) is 10.7. The lowest BCUT2D eigenvalue weighted by Crippen LogP contribution is -2.35. The molecule has 66 heavy (non-hydrogen) atoms. The van der Waals surface area contributed by atoms with E-state index in [1.54, 1.807) is 0 Å². The molecule has 1 saturated heterocycles. The number of nitrogens with one attached hydrogen (secondary N) is 3. The first kappa shape index (κ1) is 43.0. The van der Waals surface area contributed by atoms with Gasteiger partial charge in [-0.3, -0.25) is 4.90 Å². The van der Waals surface area contributed by atoms with E-state index in [0.717, 1.165) is 128 Å². The minimum Gasteiger partial charge on any atom is -0.492 e. The highest BCUT2D eigenvalue weighted by atomic mass is 16.5. The van der Waals surface area contributed by atoms with Crippen molar-refractivity contribution in [2.75, 3.05) is 79.0 Å². The third-order valence-electron chi connectivity index (χ3n) is 12.1. The average Bonchev–Trinajstić information content (AvgIpc) is 4.21. The Morgan fingerprint density at radius 3 is 1.23 bits per heavy atom. The third-order valence-corrected chi connectivity index (χ3v) is 12.1. The molecule has 10 nitrogen and oxygen atoms in total. The van der Waals surface area contributed by atoms with Gasteiger partial charge < -0.3 is 34.2 Å². The molecular formula is C56H54N6O4. The molecule has 0 saturated carbocycles. The zero-order valence-electron chi connectivity index (χ0n) is 37.0. The van der Waals surface area contributed by atoms with Crippen LogP contribution in [0.25, 0.3) is 90.9 Å². The standard InChI is InChI=1S/C56H54N6O4/c1-4-10-40(11-5-1)53-45-20-22-47(58-45)54(41-12-6-2-7-13-41)49-24-26-51(60-49)56(52-27-25-50(61-52)55(42-14-8-3-9-15-42)48-23-21-46(53)59-48)43-16-18-44(19-17-43)66-37-32-62-30-35-63-33-28-57-29-34-64-38-39-65-36-31-62/h1-27,57-58,61H,28-39H2. The molecule has 8 bridgehead atoms. The van der Waals surface area contributed by atoms with Gasteiger partial charge in [0, 0.05) is 77.0 Å². The lowest BCUT2D eigenvalue weighted by Gasteiger charge is -2.22. The van der Waals surface area contributed by atoms with Crippen molar-refractivity contribution < 1.29 is 18.9 Å². The highest BCUT2D eigenvalue weighted by Gasteiger charge is 2.19. The maximum atomic E-state index is 6.38. The minimum absolute atomic E-state index is 0.535. The van der Waals surface area contributed by atoms with E-state index in [1.165, 1.54) is 0 Å². The molecule has 1 fully saturated rings. The first-order valence-electron chi connectivity index (χ1n) is 23.0. The summed E-state index contributed by atoms with van der Waals surface area (Å²) in [6.07, 6.45) is 8.54. The highest BCUT2D eigenvalue weighted by molar-refractivity contribution is 5.99. The SMILES string of the molecule is C1=Cc2nc1c(-c1ccccc1)c1ccc([nH]1)c(-c1ccccc1)c1nc(c(-c3ccc(OCCN4CCOCCNCCOCCOCC4)cc3)c3ccc([nH]3)c2-c2ccccc2)C=C1. The molecule has 332 valence electrons. The van der Waals surface area contributed by atoms with Gasteiger partial charge in [-0.05, 0) is 83.0 Å². The Bertz CT molecular complexity index is 2910. The number of ether oxygens (including phenoxy) is 4. The number of aromatic amines is 2. The van der Waals surface area contributed by atoms with Gasteiger partial charge in [-0.15, -0.1) is 0 Å². The van der Waals surface area contributed by atoms with Gasteiger partial charge in [-0.1, -0.05) is 103 Å².